The summed E-state index contributed by atoms with van der Waals surface area (Å²) in [6.45, 7) is 1.20. The fourth-order valence-electron chi connectivity index (χ4n) is 0.714. The summed E-state index contributed by atoms with van der Waals surface area (Å²) >= 11 is 0. The molecule has 6 N–H and O–H groups in total. The molecular weight excluding hydrogens is 314 g/mol. The minimum atomic E-state index is -2.74. The first-order chi connectivity index (χ1) is 8.42. The third-order valence-electron chi connectivity index (χ3n) is 1.64. The van der Waals surface area contributed by atoms with E-state index in [0.717, 1.165) is 0 Å². The SMILES string of the molecule is CC(O)C(=O)O.O=C(O)CC(O)(CC(=O)O)C(=O)O.[H-].[H-].[Na+].[Na+]. The van der Waals surface area contributed by atoms with Crippen LogP contribution >= 0.6 is 0 Å². The zero-order valence-corrected chi connectivity index (χ0v) is 15.8. The number of hydrogen-bond acceptors (Lipinski definition) is 6. The van der Waals surface area contributed by atoms with E-state index >= 15 is 0 Å². The molecule has 114 valence electrons. The van der Waals surface area contributed by atoms with Crippen molar-refractivity contribution >= 4 is 23.9 Å². The van der Waals surface area contributed by atoms with Gasteiger partial charge >= 0.3 is 83.0 Å². The summed E-state index contributed by atoms with van der Waals surface area (Å²) in [6, 6.07) is 0. The van der Waals surface area contributed by atoms with Gasteiger partial charge in [0, 0.05) is 0 Å². The van der Waals surface area contributed by atoms with Crippen molar-refractivity contribution in [1.29, 1.82) is 0 Å². The van der Waals surface area contributed by atoms with Crippen LogP contribution < -0.4 is 59.1 Å². The number of carboxylic acids is 4. The van der Waals surface area contributed by atoms with Crippen LogP contribution in [-0.2, 0) is 19.2 Å². The van der Waals surface area contributed by atoms with Crippen molar-refractivity contribution in [3.05, 3.63) is 0 Å². The number of aliphatic hydroxyl groups is 2. The summed E-state index contributed by atoms with van der Waals surface area (Å²) in [5, 5.41) is 49.6. The van der Waals surface area contributed by atoms with Crippen LogP contribution in [0.25, 0.3) is 0 Å². The molecule has 12 heteroatoms. The average Bonchev–Trinajstić information content (AvgIpc) is 2.14. The standard InChI is InChI=1S/C6H8O7.C3H6O3.2Na.2H/c7-3(8)1-6(13,5(11)12)2-4(9)10;1-2(4)3(5)6;;;;/h13H,1-2H2,(H,7,8)(H,9,10)(H,11,12);2,4H,1H3,(H,5,6);;;;/q;;2*+1;2*-1. The Kier molecular flexibility index (Phi) is 18.5. The second-order valence-electron chi connectivity index (χ2n) is 3.49. The van der Waals surface area contributed by atoms with Gasteiger partial charge in [-0.05, 0) is 6.92 Å². The normalized spacial score (nSPS) is 10.6. The molecule has 0 heterocycles. The van der Waals surface area contributed by atoms with E-state index in [2.05, 4.69) is 0 Å². The Hall–Kier alpha value is -0.200. The van der Waals surface area contributed by atoms with Crippen molar-refractivity contribution < 1.29 is 112 Å². The maximum Gasteiger partial charge on any atom is 1.00 e. The maximum absolute atomic E-state index is 10.3. The second-order valence-corrected chi connectivity index (χ2v) is 3.49. The van der Waals surface area contributed by atoms with E-state index in [1.807, 2.05) is 0 Å². The van der Waals surface area contributed by atoms with E-state index in [1.54, 1.807) is 0 Å². The number of carbonyl (C=O) groups is 4. The van der Waals surface area contributed by atoms with E-state index < -0.39 is 48.4 Å². The number of rotatable bonds is 6. The molecule has 0 amide bonds. The molecule has 0 aliphatic carbocycles. The van der Waals surface area contributed by atoms with Gasteiger partial charge in [-0.3, -0.25) is 9.59 Å². The number of carboxylic acid groups (broad SMARTS) is 4. The van der Waals surface area contributed by atoms with Crippen molar-refractivity contribution in [1.82, 2.24) is 0 Å². The van der Waals surface area contributed by atoms with Crippen LogP contribution in [0.4, 0.5) is 0 Å². The molecule has 0 saturated heterocycles. The van der Waals surface area contributed by atoms with Crippen molar-refractivity contribution in [3.63, 3.8) is 0 Å². The Balaban J connectivity index is -0.0000000635. The first kappa shape index (κ1) is 28.9. The molecule has 0 saturated carbocycles. The summed E-state index contributed by atoms with van der Waals surface area (Å²) in [5.74, 6) is -6.20. The molecule has 0 radical (unpaired) electrons. The number of aliphatic hydroxyl groups excluding tert-OH is 1. The maximum atomic E-state index is 10.3. The predicted octanol–water partition coefficient (Wildman–Crippen LogP) is -7.56. The monoisotopic (exact) mass is 330 g/mol. The molecule has 0 aromatic heterocycles. The Morgan fingerprint density at radius 3 is 1.29 bits per heavy atom. The van der Waals surface area contributed by atoms with Crippen LogP contribution in [0.3, 0.4) is 0 Å². The van der Waals surface area contributed by atoms with Gasteiger partial charge in [-0.1, -0.05) is 0 Å². The topological polar surface area (TPSA) is 190 Å². The fraction of sp³-hybridized carbons (Fsp3) is 0.556. The molecule has 0 spiro atoms. The zero-order valence-electron chi connectivity index (χ0n) is 13.8. The quantitative estimate of drug-likeness (QED) is 0.255. The van der Waals surface area contributed by atoms with E-state index in [0.29, 0.717) is 0 Å². The molecule has 1 atom stereocenters. The molecule has 0 bridgehead atoms. The Morgan fingerprint density at radius 1 is 0.952 bits per heavy atom. The molecule has 0 aliphatic rings. The third-order valence-corrected chi connectivity index (χ3v) is 1.64. The minimum absolute atomic E-state index is 0. The number of aliphatic carboxylic acids is 4. The van der Waals surface area contributed by atoms with Gasteiger partial charge < -0.3 is 33.5 Å². The van der Waals surface area contributed by atoms with Gasteiger partial charge in [0.05, 0.1) is 12.8 Å². The van der Waals surface area contributed by atoms with Gasteiger partial charge in [-0.15, -0.1) is 0 Å². The van der Waals surface area contributed by atoms with Crippen LogP contribution in [-0.4, -0.2) is 66.2 Å². The van der Waals surface area contributed by atoms with Crippen molar-refractivity contribution in [2.45, 2.75) is 31.5 Å². The van der Waals surface area contributed by atoms with Crippen LogP contribution in [0.2, 0.25) is 0 Å². The zero-order chi connectivity index (χ0) is 15.8. The van der Waals surface area contributed by atoms with Gasteiger partial charge in [0.15, 0.2) is 5.60 Å². The summed E-state index contributed by atoms with van der Waals surface area (Å²) in [6.07, 6.45) is -3.52. The molecule has 0 aliphatic heterocycles. The van der Waals surface area contributed by atoms with Gasteiger partial charge in [0.2, 0.25) is 0 Å². The van der Waals surface area contributed by atoms with E-state index in [1.165, 1.54) is 6.92 Å². The smallest absolute Gasteiger partial charge is 1.00 e. The second kappa shape index (κ2) is 13.5. The minimum Gasteiger partial charge on any atom is -1.00 e. The largest absolute Gasteiger partial charge is 1.00 e. The van der Waals surface area contributed by atoms with E-state index in [4.69, 9.17) is 30.6 Å². The fourth-order valence-corrected chi connectivity index (χ4v) is 0.714. The summed E-state index contributed by atoms with van der Waals surface area (Å²) < 4.78 is 0. The Morgan fingerprint density at radius 2 is 1.19 bits per heavy atom. The molecule has 0 aromatic carbocycles. The summed E-state index contributed by atoms with van der Waals surface area (Å²) in [7, 11) is 0. The molecular formula is C9H16Na2O10. The van der Waals surface area contributed by atoms with Crippen LogP contribution in [0, 0.1) is 0 Å². The van der Waals surface area contributed by atoms with Crippen molar-refractivity contribution in [2.24, 2.45) is 0 Å². The van der Waals surface area contributed by atoms with Crippen LogP contribution in [0.15, 0.2) is 0 Å². The predicted molar refractivity (Wildman–Crippen MR) is 58.6 cm³/mol. The third kappa shape index (κ3) is 16.0. The summed E-state index contributed by atoms with van der Waals surface area (Å²) in [4.78, 5) is 39.9. The van der Waals surface area contributed by atoms with Gasteiger partial charge in [0.1, 0.15) is 6.10 Å². The molecule has 0 rings (SSSR count). The molecule has 21 heavy (non-hydrogen) atoms. The van der Waals surface area contributed by atoms with E-state index in [9.17, 15) is 19.2 Å². The van der Waals surface area contributed by atoms with E-state index in [-0.39, 0.29) is 62.0 Å². The van der Waals surface area contributed by atoms with Crippen molar-refractivity contribution in [3.8, 4) is 0 Å². The molecule has 10 nitrogen and oxygen atoms in total. The molecule has 0 fully saturated rings. The van der Waals surface area contributed by atoms with Crippen LogP contribution in [0.5, 0.6) is 0 Å². The van der Waals surface area contributed by atoms with Crippen molar-refractivity contribution in [2.75, 3.05) is 0 Å². The summed E-state index contributed by atoms with van der Waals surface area (Å²) in [5.41, 5.74) is -2.74. The average molecular weight is 330 g/mol. The van der Waals surface area contributed by atoms with Gasteiger partial charge in [-0.2, -0.15) is 0 Å². The Labute approximate surface area is 166 Å². The first-order valence-corrected chi connectivity index (χ1v) is 4.72. The first-order valence-electron chi connectivity index (χ1n) is 4.72. The van der Waals surface area contributed by atoms with Gasteiger partial charge in [0.25, 0.3) is 0 Å². The van der Waals surface area contributed by atoms with Gasteiger partial charge in [-0.25, -0.2) is 9.59 Å². The number of hydrogen-bond donors (Lipinski definition) is 6. The molecule has 0 aromatic rings. The Bertz CT molecular complexity index is 361. The van der Waals surface area contributed by atoms with Crippen LogP contribution in [0.1, 0.15) is 22.6 Å². The molecule has 1 unspecified atom stereocenters.